The number of rotatable bonds is 5. The molecule has 1 aromatic carbocycles. The van der Waals surface area contributed by atoms with Crippen LogP contribution in [0.4, 0.5) is 5.69 Å². The number of nitrogens with zero attached hydrogens (tertiary/aromatic N) is 1. The molecule has 2 heterocycles. The molecule has 0 saturated carbocycles. The lowest BCUT2D eigenvalue weighted by atomic mass is 10.1. The van der Waals surface area contributed by atoms with Gasteiger partial charge < -0.3 is 15.8 Å². The van der Waals surface area contributed by atoms with Crippen LogP contribution in [-0.2, 0) is 13.0 Å². The monoisotopic (exact) mass is 379 g/mol. The van der Waals surface area contributed by atoms with Crippen molar-refractivity contribution in [2.75, 3.05) is 25.9 Å². The van der Waals surface area contributed by atoms with Gasteiger partial charge in [-0.2, -0.15) is 0 Å². The Morgan fingerprint density at radius 1 is 1.52 bits per heavy atom. The molecule has 1 aromatic heterocycles. The largest absolute Gasteiger partial charge is 0.496 e. The molecule has 0 fully saturated rings. The first kappa shape index (κ1) is 18.0. The summed E-state index contributed by atoms with van der Waals surface area (Å²) in [4.78, 5) is 16.4. The summed E-state index contributed by atoms with van der Waals surface area (Å²) in [5.74, 6) is 0.215. The average molecular weight is 380 g/mol. The van der Waals surface area contributed by atoms with Gasteiger partial charge >= 0.3 is 0 Å². The van der Waals surface area contributed by atoms with Crippen molar-refractivity contribution >= 4 is 34.5 Å². The number of ether oxygens (including phenoxy) is 1. The fourth-order valence-corrected chi connectivity index (χ4v) is 4.08. The van der Waals surface area contributed by atoms with Crippen molar-refractivity contribution in [3.8, 4) is 5.75 Å². The number of benzene rings is 1. The third-order valence-electron chi connectivity index (χ3n) is 4.58. The van der Waals surface area contributed by atoms with Gasteiger partial charge in [0.05, 0.1) is 23.4 Å². The van der Waals surface area contributed by atoms with E-state index in [1.165, 1.54) is 17.6 Å². The van der Waals surface area contributed by atoms with Crippen LogP contribution in [0.3, 0.4) is 0 Å². The van der Waals surface area contributed by atoms with Crippen molar-refractivity contribution in [1.29, 1.82) is 0 Å². The van der Waals surface area contributed by atoms with Crippen molar-refractivity contribution in [1.82, 2.24) is 10.2 Å². The van der Waals surface area contributed by atoms with E-state index >= 15 is 0 Å². The molecule has 0 radical (unpaired) electrons. The number of carbonyl (C=O) groups excluding carboxylic acids is 1. The van der Waals surface area contributed by atoms with Crippen molar-refractivity contribution in [2.24, 2.45) is 0 Å². The number of fused-ring (bicyclic) bond motifs is 1. The minimum absolute atomic E-state index is 0.209. The predicted octanol–water partition coefficient (Wildman–Crippen LogP) is 3.17. The average Bonchev–Trinajstić information content (AvgIpc) is 3.08. The van der Waals surface area contributed by atoms with Crippen LogP contribution in [-0.4, -0.2) is 37.0 Å². The van der Waals surface area contributed by atoms with Crippen LogP contribution < -0.4 is 15.8 Å². The summed E-state index contributed by atoms with van der Waals surface area (Å²) in [6, 6.07) is 5.56. The maximum Gasteiger partial charge on any atom is 0.255 e. The van der Waals surface area contributed by atoms with Gasteiger partial charge in [-0.1, -0.05) is 11.6 Å². The molecule has 0 spiro atoms. The molecule has 5 nitrogen and oxygen atoms in total. The van der Waals surface area contributed by atoms with Gasteiger partial charge in [-0.05, 0) is 36.4 Å². The van der Waals surface area contributed by atoms with Crippen molar-refractivity contribution in [3.05, 3.63) is 44.6 Å². The SMILES string of the molecule is COc1cc(N)c(Cl)cc1C(=O)NCC(C)N1CCc2sccc2C1. The van der Waals surface area contributed by atoms with Crippen LogP contribution in [0.25, 0.3) is 0 Å². The van der Waals surface area contributed by atoms with Crippen LogP contribution in [0, 0.1) is 0 Å². The molecule has 134 valence electrons. The lowest BCUT2D eigenvalue weighted by Gasteiger charge is -2.32. The number of hydrogen-bond donors (Lipinski definition) is 2. The van der Waals surface area contributed by atoms with E-state index in [1.807, 2.05) is 11.3 Å². The third kappa shape index (κ3) is 3.92. The lowest BCUT2D eigenvalue weighted by molar-refractivity contribution is 0.0929. The Bertz CT molecular complexity index is 778. The highest BCUT2D eigenvalue weighted by atomic mass is 35.5. The summed E-state index contributed by atoms with van der Waals surface area (Å²) in [6.07, 6.45) is 1.08. The van der Waals surface area contributed by atoms with E-state index in [2.05, 4.69) is 28.6 Å². The summed E-state index contributed by atoms with van der Waals surface area (Å²) < 4.78 is 5.25. The summed E-state index contributed by atoms with van der Waals surface area (Å²) >= 11 is 7.87. The van der Waals surface area contributed by atoms with Crippen molar-refractivity contribution in [2.45, 2.75) is 25.9 Å². The van der Waals surface area contributed by atoms with E-state index in [1.54, 1.807) is 12.1 Å². The van der Waals surface area contributed by atoms with Gasteiger partial charge in [-0.25, -0.2) is 0 Å². The Hall–Kier alpha value is -1.76. The number of hydrogen-bond acceptors (Lipinski definition) is 5. The molecule has 25 heavy (non-hydrogen) atoms. The smallest absolute Gasteiger partial charge is 0.255 e. The molecular formula is C18H22ClN3O2S. The standard InChI is InChI=1S/C18H22ClN3O2S/c1-11(22-5-3-17-12(10-22)4-6-25-17)9-21-18(23)13-7-14(19)15(20)8-16(13)24-2/h4,6-8,11H,3,5,9-10,20H2,1-2H3,(H,21,23). The molecule has 1 unspecified atom stereocenters. The molecule has 0 bridgehead atoms. The van der Waals surface area contributed by atoms with E-state index in [0.717, 1.165) is 19.5 Å². The maximum absolute atomic E-state index is 12.5. The summed E-state index contributed by atoms with van der Waals surface area (Å²) in [7, 11) is 1.51. The van der Waals surface area contributed by atoms with Gasteiger partial charge in [0.1, 0.15) is 5.75 Å². The molecule has 3 rings (SSSR count). The quantitative estimate of drug-likeness (QED) is 0.783. The van der Waals surface area contributed by atoms with Crippen LogP contribution in [0.15, 0.2) is 23.6 Å². The zero-order valence-electron chi connectivity index (χ0n) is 14.3. The van der Waals surface area contributed by atoms with E-state index in [0.29, 0.717) is 28.6 Å². The molecule has 7 heteroatoms. The number of nitrogens with two attached hydrogens (primary N) is 1. The molecule has 1 amide bonds. The van der Waals surface area contributed by atoms with Gasteiger partial charge in [-0.3, -0.25) is 9.69 Å². The number of nitrogen functional groups attached to an aromatic ring is 1. The topological polar surface area (TPSA) is 67.6 Å². The van der Waals surface area contributed by atoms with E-state index in [4.69, 9.17) is 22.1 Å². The predicted molar refractivity (Wildman–Crippen MR) is 103 cm³/mol. The molecule has 1 aliphatic heterocycles. The maximum atomic E-state index is 12.5. The molecule has 1 atom stereocenters. The zero-order valence-corrected chi connectivity index (χ0v) is 15.9. The Kier molecular flexibility index (Phi) is 5.51. The van der Waals surface area contributed by atoms with Gasteiger partial charge in [0.25, 0.3) is 5.91 Å². The Balaban J connectivity index is 1.62. The highest BCUT2D eigenvalue weighted by molar-refractivity contribution is 7.10. The molecule has 0 aliphatic carbocycles. The van der Waals surface area contributed by atoms with Crippen molar-refractivity contribution in [3.63, 3.8) is 0 Å². The first-order chi connectivity index (χ1) is 12.0. The Morgan fingerprint density at radius 2 is 2.32 bits per heavy atom. The van der Waals surface area contributed by atoms with Crippen molar-refractivity contribution < 1.29 is 9.53 Å². The van der Waals surface area contributed by atoms with Crippen LogP contribution >= 0.6 is 22.9 Å². The Labute approximate surface area is 156 Å². The van der Waals surface area contributed by atoms with Gasteiger partial charge in [0, 0.05) is 36.6 Å². The molecule has 2 aromatic rings. The molecule has 1 aliphatic rings. The number of amides is 1. The summed E-state index contributed by atoms with van der Waals surface area (Å²) in [6.45, 7) is 4.64. The second kappa shape index (κ2) is 7.64. The fourth-order valence-electron chi connectivity index (χ4n) is 3.03. The number of thiophene rings is 1. The lowest BCUT2D eigenvalue weighted by Crippen LogP contribution is -2.44. The molecule has 3 N–H and O–H groups in total. The summed E-state index contributed by atoms with van der Waals surface area (Å²) in [5, 5.41) is 5.48. The normalized spacial score (nSPS) is 15.5. The second-order valence-corrected chi connectivity index (χ2v) is 7.63. The number of methoxy groups -OCH3 is 1. The number of nitrogens with one attached hydrogen (secondary N) is 1. The van der Waals surface area contributed by atoms with Crippen LogP contribution in [0.1, 0.15) is 27.7 Å². The fraction of sp³-hybridized carbons (Fsp3) is 0.389. The van der Waals surface area contributed by atoms with Gasteiger partial charge in [0.2, 0.25) is 0 Å². The van der Waals surface area contributed by atoms with Gasteiger partial charge in [-0.15, -0.1) is 11.3 Å². The Morgan fingerprint density at radius 3 is 3.08 bits per heavy atom. The zero-order chi connectivity index (χ0) is 18.0. The van der Waals surface area contributed by atoms with E-state index in [9.17, 15) is 4.79 Å². The van der Waals surface area contributed by atoms with Gasteiger partial charge in [0.15, 0.2) is 0 Å². The number of carbonyl (C=O) groups is 1. The van der Waals surface area contributed by atoms with Crippen LogP contribution in [0.5, 0.6) is 5.75 Å². The summed E-state index contributed by atoms with van der Waals surface area (Å²) in [5.41, 5.74) is 7.96. The second-order valence-electron chi connectivity index (χ2n) is 6.22. The minimum Gasteiger partial charge on any atom is -0.496 e. The van der Waals surface area contributed by atoms with Crippen LogP contribution in [0.2, 0.25) is 5.02 Å². The first-order valence-corrected chi connectivity index (χ1v) is 9.46. The number of anilines is 1. The number of halogens is 1. The molecule has 0 saturated heterocycles. The highest BCUT2D eigenvalue weighted by Crippen LogP contribution is 2.29. The first-order valence-electron chi connectivity index (χ1n) is 8.20. The minimum atomic E-state index is -0.209. The van der Waals surface area contributed by atoms with E-state index in [-0.39, 0.29) is 11.9 Å². The highest BCUT2D eigenvalue weighted by Gasteiger charge is 2.22. The molecular weight excluding hydrogens is 358 g/mol. The van der Waals surface area contributed by atoms with E-state index < -0.39 is 0 Å². The third-order valence-corrected chi connectivity index (χ3v) is 5.93.